The van der Waals surface area contributed by atoms with E-state index in [1.165, 1.54) is 11.3 Å². The Morgan fingerprint density at radius 2 is 2.21 bits per heavy atom. The molecule has 5 N–H and O–H groups in total. The first kappa shape index (κ1) is 15.7. The Morgan fingerprint density at radius 3 is 2.74 bits per heavy atom. The van der Waals surface area contributed by atoms with Crippen LogP contribution in [0.5, 0.6) is 0 Å². The average Bonchev–Trinajstić information content (AvgIpc) is 2.71. The van der Waals surface area contributed by atoms with Crippen LogP contribution in [0.4, 0.5) is 10.9 Å². The summed E-state index contributed by atoms with van der Waals surface area (Å²) in [4.78, 5) is 16.7. The van der Waals surface area contributed by atoms with E-state index in [1.807, 2.05) is 20.8 Å². The van der Waals surface area contributed by atoms with Gasteiger partial charge in [-0.2, -0.15) is 0 Å². The molecule has 6 nitrogen and oxygen atoms in total. The molecular formula is C12H22N4O2S. The number of aliphatic hydroxyl groups excluding tert-OH is 1. The van der Waals surface area contributed by atoms with E-state index in [0.29, 0.717) is 16.4 Å². The van der Waals surface area contributed by atoms with Crippen LogP contribution in [0.1, 0.15) is 43.3 Å². The van der Waals surface area contributed by atoms with Crippen molar-refractivity contribution >= 4 is 28.2 Å². The molecule has 1 aromatic rings. The van der Waals surface area contributed by atoms with Gasteiger partial charge in [-0.05, 0) is 26.7 Å². The van der Waals surface area contributed by atoms with Gasteiger partial charge in [-0.1, -0.05) is 18.3 Å². The molecule has 1 unspecified atom stereocenters. The first-order valence-electron chi connectivity index (χ1n) is 6.39. The number of nitrogens with one attached hydrogen (secondary N) is 2. The van der Waals surface area contributed by atoms with Crippen LogP contribution in [-0.2, 0) is 0 Å². The standard InChI is InChI=1S/C12H22N4O2S/c1-4-12(3,6-7-17)16-10(18)8-9(13)15-11(19-8)14-5-2/h17H,4-7,13H2,1-3H3,(H,14,15)(H,16,18). The van der Waals surface area contributed by atoms with Crippen LogP contribution in [0, 0.1) is 0 Å². The van der Waals surface area contributed by atoms with E-state index in [0.717, 1.165) is 13.0 Å². The lowest BCUT2D eigenvalue weighted by Crippen LogP contribution is -2.46. The van der Waals surface area contributed by atoms with Crippen LogP contribution in [0.15, 0.2) is 0 Å². The zero-order valence-corrected chi connectivity index (χ0v) is 12.4. The SMILES string of the molecule is CCNc1nc(N)c(C(=O)NC(C)(CC)CCO)s1. The summed E-state index contributed by atoms with van der Waals surface area (Å²) in [6.45, 7) is 6.59. The van der Waals surface area contributed by atoms with Gasteiger partial charge in [-0.15, -0.1) is 0 Å². The Hall–Kier alpha value is -1.34. The van der Waals surface area contributed by atoms with Gasteiger partial charge < -0.3 is 21.5 Å². The monoisotopic (exact) mass is 286 g/mol. The number of amides is 1. The zero-order chi connectivity index (χ0) is 14.5. The van der Waals surface area contributed by atoms with Gasteiger partial charge in [0.15, 0.2) is 5.13 Å². The van der Waals surface area contributed by atoms with Crippen molar-refractivity contribution in [1.82, 2.24) is 10.3 Å². The molecule has 1 rings (SSSR count). The van der Waals surface area contributed by atoms with E-state index in [4.69, 9.17) is 10.8 Å². The molecule has 108 valence electrons. The number of thiazole rings is 1. The number of carbonyl (C=O) groups excluding carboxylic acids is 1. The lowest BCUT2D eigenvalue weighted by atomic mass is 9.95. The Balaban J connectivity index is 2.82. The highest BCUT2D eigenvalue weighted by Gasteiger charge is 2.26. The van der Waals surface area contributed by atoms with Crippen molar-refractivity contribution in [3.63, 3.8) is 0 Å². The van der Waals surface area contributed by atoms with E-state index in [-0.39, 0.29) is 18.3 Å². The van der Waals surface area contributed by atoms with Gasteiger partial charge in [0, 0.05) is 18.7 Å². The van der Waals surface area contributed by atoms with Crippen molar-refractivity contribution in [2.45, 2.75) is 39.2 Å². The Kier molecular flexibility index (Phi) is 5.56. The Morgan fingerprint density at radius 1 is 1.53 bits per heavy atom. The van der Waals surface area contributed by atoms with Gasteiger partial charge in [-0.3, -0.25) is 4.79 Å². The molecule has 0 bridgehead atoms. The maximum absolute atomic E-state index is 12.2. The largest absolute Gasteiger partial charge is 0.396 e. The van der Waals surface area contributed by atoms with Crippen LogP contribution in [-0.4, -0.2) is 34.7 Å². The predicted octanol–water partition coefficient (Wildman–Crippen LogP) is 1.44. The second kappa shape index (κ2) is 6.72. The highest BCUT2D eigenvalue weighted by molar-refractivity contribution is 7.18. The molecule has 1 atom stereocenters. The van der Waals surface area contributed by atoms with Crippen molar-refractivity contribution in [1.29, 1.82) is 0 Å². The smallest absolute Gasteiger partial charge is 0.265 e. The Labute approximate surface area is 117 Å². The second-order valence-corrected chi connectivity index (χ2v) is 5.60. The molecule has 0 radical (unpaired) electrons. The quantitative estimate of drug-likeness (QED) is 0.607. The molecule has 0 spiro atoms. The second-order valence-electron chi connectivity index (χ2n) is 4.61. The van der Waals surface area contributed by atoms with E-state index in [2.05, 4.69) is 15.6 Å². The molecule has 0 saturated heterocycles. The van der Waals surface area contributed by atoms with Crippen molar-refractivity contribution in [3.05, 3.63) is 4.88 Å². The van der Waals surface area contributed by atoms with Gasteiger partial charge >= 0.3 is 0 Å². The van der Waals surface area contributed by atoms with Gasteiger partial charge in [0.25, 0.3) is 5.91 Å². The van der Waals surface area contributed by atoms with Crippen LogP contribution in [0.25, 0.3) is 0 Å². The van der Waals surface area contributed by atoms with Crippen LogP contribution < -0.4 is 16.4 Å². The number of anilines is 2. The van der Waals surface area contributed by atoms with Crippen molar-refractivity contribution in [2.75, 3.05) is 24.2 Å². The summed E-state index contributed by atoms with van der Waals surface area (Å²) in [5.74, 6) is -0.00199. The highest BCUT2D eigenvalue weighted by Crippen LogP contribution is 2.26. The summed E-state index contributed by atoms with van der Waals surface area (Å²) in [5, 5.41) is 15.6. The fraction of sp³-hybridized carbons (Fsp3) is 0.667. The minimum Gasteiger partial charge on any atom is -0.396 e. The summed E-state index contributed by atoms with van der Waals surface area (Å²) < 4.78 is 0. The number of nitrogen functional groups attached to an aromatic ring is 1. The van der Waals surface area contributed by atoms with E-state index < -0.39 is 5.54 Å². The fourth-order valence-corrected chi connectivity index (χ4v) is 2.47. The number of nitrogens with two attached hydrogens (primary N) is 1. The van der Waals surface area contributed by atoms with E-state index >= 15 is 0 Å². The fourth-order valence-electron chi connectivity index (χ4n) is 1.63. The highest BCUT2D eigenvalue weighted by atomic mass is 32.1. The Bertz CT molecular complexity index is 435. The third-order valence-corrected chi connectivity index (χ3v) is 4.07. The number of nitrogens with zero attached hydrogens (tertiary/aromatic N) is 1. The maximum atomic E-state index is 12.2. The maximum Gasteiger partial charge on any atom is 0.265 e. The van der Waals surface area contributed by atoms with Crippen LogP contribution >= 0.6 is 11.3 Å². The molecule has 0 saturated carbocycles. The van der Waals surface area contributed by atoms with E-state index in [9.17, 15) is 4.79 Å². The third kappa shape index (κ3) is 4.07. The molecule has 0 fully saturated rings. The van der Waals surface area contributed by atoms with Crippen molar-refractivity contribution < 1.29 is 9.90 Å². The van der Waals surface area contributed by atoms with Crippen molar-refractivity contribution in [3.8, 4) is 0 Å². The molecule has 0 aliphatic rings. The van der Waals surface area contributed by atoms with Gasteiger partial charge in [0.1, 0.15) is 10.7 Å². The lowest BCUT2D eigenvalue weighted by molar-refractivity contribution is 0.0891. The molecule has 7 heteroatoms. The number of rotatable bonds is 7. The third-order valence-electron chi connectivity index (χ3n) is 3.05. The lowest BCUT2D eigenvalue weighted by Gasteiger charge is -2.28. The number of aliphatic hydroxyl groups is 1. The van der Waals surface area contributed by atoms with Gasteiger partial charge in [0.05, 0.1) is 0 Å². The first-order chi connectivity index (χ1) is 8.95. The minimum absolute atomic E-state index is 0.0332. The summed E-state index contributed by atoms with van der Waals surface area (Å²) in [5.41, 5.74) is 5.33. The molecule has 0 aliphatic heterocycles. The van der Waals surface area contributed by atoms with Crippen molar-refractivity contribution in [2.24, 2.45) is 0 Å². The number of hydrogen-bond donors (Lipinski definition) is 4. The molecule has 1 amide bonds. The number of aromatic nitrogens is 1. The zero-order valence-electron chi connectivity index (χ0n) is 11.6. The molecule has 0 aliphatic carbocycles. The molecule has 1 heterocycles. The first-order valence-corrected chi connectivity index (χ1v) is 7.21. The minimum atomic E-state index is -0.430. The number of carbonyl (C=O) groups is 1. The normalized spacial score (nSPS) is 13.9. The average molecular weight is 286 g/mol. The summed E-state index contributed by atoms with van der Waals surface area (Å²) >= 11 is 1.24. The summed E-state index contributed by atoms with van der Waals surface area (Å²) in [7, 11) is 0. The van der Waals surface area contributed by atoms with Crippen LogP contribution in [0.2, 0.25) is 0 Å². The molecule has 0 aromatic carbocycles. The molecular weight excluding hydrogens is 264 g/mol. The summed E-state index contributed by atoms with van der Waals surface area (Å²) in [6, 6.07) is 0. The molecule has 1 aromatic heterocycles. The predicted molar refractivity (Wildman–Crippen MR) is 78.6 cm³/mol. The summed E-state index contributed by atoms with van der Waals surface area (Å²) in [6.07, 6.45) is 1.24. The molecule has 19 heavy (non-hydrogen) atoms. The number of hydrogen-bond acceptors (Lipinski definition) is 6. The van der Waals surface area contributed by atoms with Gasteiger partial charge in [-0.25, -0.2) is 4.98 Å². The van der Waals surface area contributed by atoms with Crippen LogP contribution in [0.3, 0.4) is 0 Å². The van der Waals surface area contributed by atoms with Gasteiger partial charge in [0.2, 0.25) is 0 Å². The topological polar surface area (TPSA) is 100 Å². The van der Waals surface area contributed by atoms with E-state index in [1.54, 1.807) is 0 Å².